The molecule has 36 heavy (non-hydrogen) atoms. The first-order chi connectivity index (χ1) is 17.6. The molecule has 3 aromatic rings. The third kappa shape index (κ3) is 4.07. The zero-order chi connectivity index (χ0) is 24.6. The molecule has 184 valence electrons. The number of amides is 1. The third-order valence-electron chi connectivity index (χ3n) is 8.49. The molecule has 6 heteroatoms. The van der Waals surface area contributed by atoms with Crippen molar-refractivity contribution in [2.75, 3.05) is 26.2 Å². The van der Waals surface area contributed by atoms with Gasteiger partial charge in [0.1, 0.15) is 6.07 Å². The van der Waals surface area contributed by atoms with E-state index < -0.39 is 0 Å². The Hall–Kier alpha value is -3.27. The summed E-state index contributed by atoms with van der Waals surface area (Å²) in [6.07, 6.45) is 6.28. The maximum absolute atomic E-state index is 13.1. The first-order valence-electron chi connectivity index (χ1n) is 13.3. The van der Waals surface area contributed by atoms with Crippen molar-refractivity contribution in [1.29, 1.82) is 5.26 Å². The molecule has 6 nitrogen and oxygen atoms in total. The van der Waals surface area contributed by atoms with Crippen molar-refractivity contribution in [3.63, 3.8) is 0 Å². The minimum atomic E-state index is 0.160. The van der Waals surface area contributed by atoms with Crippen LogP contribution in [0.4, 0.5) is 0 Å². The van der Waals surface area contributed by atoms with Gasteiger partial charge in [-0.15, -0.1) is 0 Å². The second-order valence-corrected chi connectivity index (χ2v) is 10.6. The summed E-state index contributed by atoms with van der Waals surface area (Å²) >= 11 is 0. The lowest BCUT2D eigenvalue weighted by molar-refractivity contribution is 0.0735. The maximum atomic E-state index is 13.1. The Morgan fingerprint density at radius 3 is 2.78 bits per heavy atom. The van der Waals surface area contributed by atoms with Gasteiger partial charge in [0.25, 0.3) is 5.91 Å². The van der Waals surface area contributed by atoms with Crippen molar-refractivity contribution in [3.8, 4) is 6.07 Å². The number of nitrogens with zero attached hydrogens (tertiary/aromatic N) is 4. The molecule has 3 aliphatic rings. The Balaban J connectivity index is 1.24. The molecule has 2 aromatic carbocycles. The minimum absolute atomic E-state index is 0.160. The molecule has 1 N–H and O–H groups in total. The monoisotopic (exact) mass is 479 g/mol. The van der Waals surface area contributed by atoms with Crippen molar-refractivity contribution in [1.82, 2.24) is 20.1 Å². The van der Waals surface area contributed by atoms with Gasteiger partial charge in [0.15, 0.2) is 0 Å². The van der Waals surface area contributed by atoms with Gasteiger partial charge in [0.05, 0.1) is 11.1 Å². The van der Waals surface area contributed by atoms with Gasteiger partial charge in [-0.1, -0.05) is 24.6 Å². The molecular formula is C30H33N5O. The highest BCUT2D eigenvalue weighted by molar-refractivity contribution is 5.94. The first-order valence-corrected chi connectivity index (χ1v) is 13.3. The van der Waals surface area contributed by atoms with Crippen LogP contribution in [0.3, 0.4) is 0 Å². The number of hydrogen-bond donors (Lipinski definition) is 1. The van der Waals surface area contributed by atoms with Crippen molar-refractivity contribution >= 4 is 16.8 Å². The highest BCUT2D eigenvalue weighted by Gasteiger charge is 2.36. The molecule has 0 radical (unpaired) electrons. The zero-order valence-corrected chi connectivity index (χ0v) is 20.9. The predicted octanol–water partition coefficient (Wildman–Crippen LogP) is 4.75. The van der Waals surface area contributed by atoms with Crippen LogP contribution in [0.1, 0.15) is 77.2 Å². The van der Waals surface area contributed by atoms with E-state index in [1.807, 2.05) is 17.0 Å². The number of pyridine rings is 1. The SMILES string of the molecule is C[C@@H]1CC(c2ccc(C#N)c3ncccc23)CCC[C@@H]2c3ccc(C(=O)N4CCNCC4)cc3CN12. The Morgan fingerprint density at radius 2 is 1.94 bits per heavy atom. The summed E-state index contributed by atoms with van der Waals surface area (Å²) in [5.74, 6) is 0.599. The van der Waals surface area contributed by atoms with Crippen LogP contribution in [0, 0.1) is 11.3 Å². The fraction of sp³-hybridized carbons (Fsp3) is 0.433. The van der Waals surface area contributed by atoms with Gasteiger partial charge in [-0.2, -0.15) is 5.26 Å². The van der Waals surface area contributed by atoms with Crippen LogP contribution in [0.2, 0.25) is 0 Å². The minimum Gasteiger partial charge on any atom is -0.336 e. The summed E-state index contributed by atoms with van der Waals surface area (Å²) in [6, 6.07) is 17.8. The number of nitriles is 1. The number of benzene rings is 2. The van der Waals surface area contributed by atoms with Crippen LogP contribution in [0.5, 0.6) is 0 Å². The second-order valence-electron chi connectivity index (χ2n) is 10.6. The molecule has 3 atom stereocenters. The Labute approximate surface area is 212 Å². The second kappa shape index (κ2) is 9.65. The van der Waals surface area contributed by atoms with Crippen LogP contribution in [0.15, 0.2) is 48.7 Å². The standard InChI is InChI=1S/C30H33N5O/c1-20-16-21(25-9-8-23(18-31)29-27(25)5-3-11-33-29)4-2-6-28-26-10-7-22(17-24(26)19-35(20)28)30(36)34-14-12-32-13-15-34/h3,5,7-11,17,20-21,28,32H,2,4,6,12-16,19H2,1H3/t20-,21?,28-/m1/s1. The molecule has 2 fully saturated rings. The zero-order valence-electron chi connectivity index (χ0n) is 20.9. The highest BCUT2D eigenvalue weighted by atomic mass is 16.2. The van der Waals surface area contributed by atoms with E-state index in [0.717, 1.165) is 74.9 Å². The van der Waals surface area contributed by atoms with E-state index in [-0.39, 0.29) is 5.91 Å². The fourth-order valence-electron chi connectivity index (χ4n) is 6.67. The average Bonchev–Trinajstić information content (AvgIpc) is 3.28. The molecule has 0 spiro atoms. The average molecular weight is 480 g/mol. The van der Waals surface area contributed by atoms with Gasteiger partial charge in [-0.3, -0.25) is 14.7 Å². The summed E-state index contributed by atoms with van der Waals surface area (Å²) < 4.78 is 0. The molecule has 1 unspecified atom stereocenters. The Bertz CT molecular complexity index is 1340. The number of aromatic nitrogens is 1. The van der Waals surface area contributed by atoms with Crippen LogP contribution in [-0.4, -0.2) is 52.9 Å². The molecule has 0 saturated carbocycles. The van der Waals surface area contributed by atoms with Crippen LogP contribution < -0.4 is 5.32 Å². The number of carbonyl (C=O) groups excluding carboxylic acids is 1. The Kier molecular flexibility index (Phi) is 6.20. The molecule has 1 aromatic heterocycles. The number of hydrogen-bond acceptors (Lipinski definition) is 5. The lowest BCUT2D eigenvalue weighted by Crippen LogP contribution is -2.46. The Morgan fingerprint density at radius 1 is 1.11 bits per heavy atom. The van der Waals surface area contributed by atoms with Gasteiger partial charge < -0.3 is 10.2 Å². The van der Waals surface area contributed by atoms with Crippen LogP contribution >= 0.6 is 0 Å². The van der Waals surface area contributed by atoms with Crippen molar-refractivity contribution in [2.24, 2.45) is 0 Å². The maximum Gasteiger partial charge on any atom is 0.253 e. The van der Waals surface area contributed by atoms with E-state index in [2.05, 4.69) is 58.5 Å². The quantitative estimate of drug-likeness (QED) is 0.574. The predicted molar refractivity (Wildman–Crippen MR) is 141 cm³/mol. The van der Waals surface area contributed by atoms with Crippen LogP contribution in [0.25, 0.3) is 10.9 Å². The van der Waals surface area contributed by atoms with Gasteiger partial charge in [-0.25, -0.2) is 0 Å². The molecule has 2 saturated heterocycles. The molecular weight excluding hydrogens is 446 g/mol. The van der Waals surface area contributed by atoms with Gasteiger partial charge >= 0.3 is 0 Å². The summed E-state index contributed by atoms with van der Waals surface area (Å²) in [5, 5.41) is 14.0. The van der Waals surface area contributed by atoms with Crippen molar-refractivity contribution in [2.45, 2.75) is 57.2 Å². The lowest BCUT2D eigenvalue weighted by atomic mass is 9.82. The highest BCUT2D eigenvalue weighted by Crippen LogP contribution is 2.44. The molecule has 4 heterocycles. The molecule has 3 aliphatic heterocycles. The number of fused-ring (bicyclic) bond motifs is 4. The number of piperazine rings is 1. The van der Waals surface area contributed by atoms with E-state index in [1.54, 1.807) is 6.20 Å². The normalized spacial score (nSPS) is 24.4. The summed E-state index contributed by atoms with van der Waals surface area (Å²) in [6.45, 7) is 6.57. The summed E-state index contributed by atoms with van der Waals surface area (Å²) in [5.41, 5.74) is 6.34. The van der Waals surface area contributed by atoms with E-state index in [0.29, 0.717) is 23.6 Å². The van der Waals surface area contributed by atoms with E-state index in [1.165, 1.54) is 16.7 Å². The summed E-state index contributed by atoms with van der Waals surface area (Å²) in [4.78, 5) is 22.3. The van der Waals surface area contributed by atoms with Gasteiger partial charge in [0.2, 0.25) is 0 Å². The van der Waals surface area contributed by atoms with Crippen LogP contribution in [-0.2, 0) is 6.54 Å². The van der Waals surface area contributed by atoms with E-state index in [9.17, 15) is 10.1 Å². The smallest absolute Gasteiger partial charge is 0.253 e. The topological polar surface area (TPSA) is 72.3 Å². The first kappa shape index (κ1) is 23.1. The number of rotatable bonds is 2. The van der Waals surface area contributed by atoms with Crippen molar-refractivity contribution in [3.05, 3.63) is 76.5 Å². The molecule has 1 amide bonds. The van der Waals surface area contributed by atoms with Gasteiger partial charge in [0, 0.05) is 62.0 Å². The lowest BCUT2D eigenvalue weighted by Gasteiger charge is -2.36. The largest absolute Gasteiger partial charge is 0.336 e. The number of nitrogens with one attached hydrogen (secondary N) is 1. The van der Waals surface area contributed by atoms with E-state index >= 15 is 0 Å². The molecule has 0 bridgehead atoms. The fourth-order valence-corrected chi connectivity index (χ4v) is 6.67. The third-order valence-corrected chi connectivity index (χ3v) is 8.49. The summed E-state index contributed by atoms with van der Waals surface area (Å²) in [7, 11) is 0. The molecule has 6 rings (SSSR count). The van der Waals surface area contributed by atoms with E-state index in [4.69, 9.17) is 0 Å². The number of carbonyl (C=O) groups is 1. The van der Waals surface area contributed by atoms with Gasteiger partial charge in [-0.05, 0) is 73.1 Å². The van der Waals surface area contributed by atoms with Crippen molar-refractivity contribution < 1.29 is 4.79 Å². The molecule has 0 aliphatic carbocycles.